The number of hydrogen-bond acceptors (Lipinski definition) is 2. The van der Waals surface area contributed by atoms with E-state index in [-0.39, 0.29) is 16.7 Å². The first-order valence-corrected chi connectivity index (χ1v) is 5.82. The summed E-state index contributed by atoms with van der Waals surface area (Å²) in [7, 11) is 0. The Kier molecular flexibility index (Phi) is 3.93. The molecule has 0 spiro atoms. The van der Waals surface area contributed by atoms with Crippen molar-refractivity contribution in [2.24, 2.45) is 0 Å². The normalized spacial score (nSPS) is 11.4. The second-order valence-electron chi connectivity index (χ2n) is 4.30. The van der Waals surface area contributed by atoms with Gasteiger partial charge in [0.25, 0.3) is 0 Å². The van der Waals surface area contributed by atoms with E-state index in [1.165, 1.54) is 12.1 Å². The van der Waals surface area contributed by atoms with Crippen LogP contribution in [0, 0.1) is 5.95 Å². The highest BCUT2D eigenvalue weighted by Gasteiger charge is 2.34. The number of halogens is 4. The fourth-order valence-corrected chi connectivity index (χ4v) is 1.92. The van der Waals surface area contributed by atoms with Gasteiger partial charge in [-0.15, -0.1) is 0 Å². The number of rotatable bonds is 3. The van der Waals surface area contributed by atoms with E-state index in [0.29, 0.717) is 0 Å². The Morgan fingerprint density at radius 3 is 2.48 bits per heavy atom. The molecule has 0 radical (unpaired) electrons. The minimum Gasteiger partial charge on any atom is -0.481 e. The molecule has 2 aromatic rings. The fourth-order valence-electron chi connectivity index (χ4n) is 1.92. The van der Waals surface area contributed by atoms with Crippen molar-refractivity contribution in [3.8, 4) is 11.1 Å². The quantitative estimate of drug-likeness (QED) is 0.696. The van der Waals surface area contributed by atoms with Crippen LogP contribution in [-0.2, 0) is 17.4 Å². The third-order valence-corrected chi connectivity index (χ3v) is 2.77. The van der Waals surface area contributed by atoms with Crippen LogP contribution in [0.4, 0.5) is 17.6 Å². The van der Waals surface area contributed by atoms with Crippen LogP contribution in [0.1, 0.15) is 11.1 Å². The fraction of sp³-hybridized carbons (Fsp3) is 0.143. The van der Waals surface area contributed by atoms with Crippen molar-refractivity contribution in [1.29, 1.82) is 0 Å². The predicted octanol–water partition coefficient (Wildman–Crippen LogP) is 3.53. The zero-order chi connectivity index (χ0) is 15.6. The maximum absolute atomic E-state index is 13.7. The number of aliphatic carboxylic acids is 1. The number of carbonyl (C=O) groups is 1. The highest BCUT2D eigenvalue weighted by molar-refractivity contribution is 5.73. The number of nitrogens with zero attached hydrogens (tertiary/aromatic N) is 1. The molecule has 7 heteroatoms. The van der Waals surface area contributed by atoms with Crippen LogP contribution in [-0.4, -0.2) is 16.1 Å². The summed E-state index contributed by atoms with van der Waals surface area (Å²) >= 11 is 0. The Hall–Kier alpha value is -2.44. The van der Waals surface area contributed by atoms with E-state index >= 15 is 0 Å². The van der Waals surface area contributed by atoms with Crippen molar-refractivity contribution >= 4 is 5.97 Å². The minimum atomic E-state index is -4.65. The van der Waals surface area contributed by atoms with Gasteiger partial charge in [0.15, 0.2) is 0 Å². The maximum atomic E-state index is 13.7. The third kappa shape index (κ3) is 3.36. The van der Waals surface area contributed by atoms with Gasteiger partial charge in [-0.05, 0) is 23.3 Å². The molecule has 1 heterocycles. The lowest BCUT2D eigenvalue weighted by Crippen LogP contribution is -2.08. The van der Waals surface area contributed by atoms with Gasteiger partial charge in [-0.3, -0.25) is 4.79 Å². The van der Waals surface area contributed by atoms with Gasteiger partial charge in [0.2, 0.25) is 5.95 Å². The number of pyridine rings is 1. The van der Waals surface area contributed by atoms with Crippen molar-refractivity contribution in [2.45, 2.75) is 12.6 Å². The number of carboxylic acid groups (broad SMARTS) is 1. The molecule has 0 fully saturated rings. The molecule has 1 aromatic carbocycles. The number of benzene rings is 1. The van der Waals surface area contributed by atoms with Gasteiger partial charge in [0.1, 0.15) is 0 Å². The molecule has 3 nitrogen and oxygen atoms in total. The van der Waals surface area contributed by atoms with Crippen molar-refractivity contribution < 1.29 is 27.5 Å². The molecular weight excluding hydrogens is 290 g/mol. The highest BCUT2D eigenvalue weighted by Crippen LogP contribution is 2.37. The lowest BCUT2D eigenvalue weighted by molar-refractivity contribution is -0.137. The lowest BCUT2D eigenvalue weighted by Gasteiger charge is -2.13. The maximum Gasteiger partial charge on any atom is 0.417 e. The van der Waals surface area contributed by atoms with E-state index in [0.717, 1.165) is 24.4 Å². The molecule has 1 aromatic heterocycles. The Morgan fingerprint density at radius 2 is 1.86 bits per heavy atom. The predicted molar refractivity (Wildman–Crippen MR) is 66.0 cm³/mol. The highest BCUT2D eigenvalue weighted by atomic mass is 19.4. The van der Waals surface area contributed by atoms with E-state index in [2.05, 4.69) is 4.98 Å². The molecule has 110 valence electrons. The van der Waals surface area contributed by atoms with Crippen molar-refractivity contribution in [3.63, 3.8) is 0 Å². The van der Waals surface area contributed by atoms with Crippen LogP contribution in [0.25, 0.3) is 11.1 Å². The Balaban J connectivity index is 2.59. The molecule has 0 bridgehead atoms. The van der Waals surface area contributed by atoms with Crippen LogP contribution in [0.2, 0.25) is 0 Å². The van der Waals surface area contributed by atoms with Crippen LogP contribution < -0.4 is 0 Å². The third-order valence-electron chi connectivity index (χ3n) is 2.77. The number of alkyl halides is 3. The number of hydrogen-bond donors (Lipinski definition) is 1. The SMILES string of the molecule is O=C(O)Cc1cnc(F)c(-c2ccccc2C(F)(F)F)c1. The first kappa shape index (κ1) is 15.0. The molecule has 0 unspecified atom stereocenters. The Labute approximate surface area is 116 Å². The summed E-state index contributed by atoms with van der Waals surface area (Å²) in [6.07, 6.45) is -4.11. The van der Waals surface area contributed by atoms with Crippen molar-refractivity contribution in [1.82, 2.24) is 4.98 Å². The average molecular weight is 299 g/mol. The van der Waals surface area contributed by atoms with Gasteiger partial charge in [-0.1, -0.05) is 18.2 Å². The summed E-state index contributed by atoms with van der Waals surface area (Å²) in [5.41, 5.74) is -1.63. The molecule has 0 saturated carbocycles. The van der Waals surface area contributed by atoms with E-state index in [1.807, 2.05) is 0 Å². The largest absolute Gasteiger partial charge is 0.481 e. The second kappa shape index (κ2) is 5.51. The Morgan fingerprint density at radius 1 is 1.19 bits per heavy atom. The molecule has 0 saturated heterocycles. The van der Waals surface area contributed by atoms with E-state index < -0.39 is 30.1 Å². The molecule has 1 N–H and O–H groups in total. The van der Waals surface area contributed by atoms with E-state index in [9.17, 15) is 22.4 Å². The number of aromatic nitrogens is 1. The topological polar surface area (TPSA) is 50.2 Å². The molecule has 0 aliphatic rings. The summed E-state index contributed by atoms with van der Waals surface area (Å²) in [4.78, 5) is 14.0. The summed E-state index contributed by atoms with van der Waals surface area (Å²) in [5.74, 6) is -2.26. The van der Waals surface area contributed by atoms with Gasteiger partial charge in [0, 0.05) is 11.8 Å². The van der Waals surface area contributed by atoms with E-state index in [4.69, 9.17) is 5.11 Å². The van der Waals surface area contributed by atoms with E-state index in [1.54, 1.807) is 0 Å². The Bertz CT molecular complexity index is 683. The molecular formula is C14H9F4NO2. The molecule has 0 aliphatic heterocycles. The molecule has 21 heavy (non-hydrogen) atoms. The van der Waals surface area contributed by atoms with Crippen LogP contribution >= 0.6 is 0 Å². The molecule has 0 aliphatic carbocycles. The van der Waals surface area contributed by atoms with Gasteiger partial charge < -0.3 is 5.11 Å². The van der Waals surface area contributed by atoms with Gasteiger partial charge >= 0.3 is 12.1 Å². The van der Waals surface area contributed by atoms with Crippen LogP contribution in [0.15, 0.2) is 36.5 Å². The molecule has 0 amide bonds. The van der Waals surface area contributed by atoms with Crippen molar-refractivity contribution in [3.05, 3.63) is 53.6 Å². The smallest absolute Gasteiger partial charge is 0.417 e. The average Bonchev–Trinajstić information content (AvgIpc) is 2.39. The van der Waals surface area contributed by atoms with Crippen molar-refractivity contribution in [2.75, 3.05) is 0 Å². The summed E-state index contributed by atoms with van der Waals surface area (Å²) in [6, 6.07) is 5.56. The van der Waals surface area contributed by atoms with Gasteiger partial charge in [-0.25, -0.2) is 4.98 Å². The minimum absolute atomic E-state index is 0.121. The van der Waals surface area contributed by atoms with Crippen LogP contribution in [0.3, 0.4) is 0 Å². The summed E-state index contributed by atoms with van der Waals surface area (Å²) in [6.45, 7) is 0. The van der Waals surface area contributed by atoms with Gasteiger partial charge in [0.05, 0.1) is 12.0 Å². The molecule has 0 atom stereocenters. The lowest BCUT2D eigenvalue weighted by atomic mass is 9.99. The molecule has 2 rings (SSSR count). The van der Waals surface area contributed by atoms with Gasteiger partial charge in [-0.2, -0.15) is 17.6 Å². The standard InChI is InChI=1S/C14H9F4NO2/c15-13-10(5-8(7-19-13)6-12(20)21)9-3-1-2-4-11(9)14(16,17)18/h1-5,7H,6H2,(H,20,21). The zero-order valence-corrected chi connectivity index (χ0v) is 10.5. The number of carboxylic acids is 1. The second-order valence-corrected chi connectivity index (χ2v) is 4.30. The monoisotopic (exact) mass is 299 g/mol. The van der Waals surface area contributed by atoms with Crippen LogP contribution in [0.5, 0.6) is 0 Å². The first-order valence-electron chi connectivity index (χ1n) is 5.82. The zero-order valence-electron chi connectivity index (χ0n) is 10.5. The summed E-state index contributed by atoms with van der Waals surface area (Å²) < 4.78 is 52.6. The first-order chi connectivity index (χ1) is 9.79. The summed E-state index contributed by atoms with van der Waals surface area (Å²) in [5, 5.41) is 8.68.